The summed E-state index contributed by atoms with van der Waals surface area (Å²) in [5.74, 6) is -0.948. The first-order valence-electron chi connectivity index (χ1n) is 4.86. The highest BCUT2D eigenvalue weighted by molar-refractivity contribution is 5.82. The highest BCUT2D eigenvalue weighted by Gasteiger charge is 2.31. The fraction of sp³-hybridized carbons (Fsp3) is 0.778. The lowest BCUT2D eigenvalue weighted by Crippen LogP contribution is -2.54. The van der Waals surface area contributed by atoms with Gasteiger partial charge in [-0.05, 0) is 20.3 Å². The van der Waals surface area contributed by atoms with Crippen molar-refractivity contribution in [1.82, 2.24) is 9.80 Å². The predicted molar refractivity (Wildman–Crippen MR) is 51.1 cm³/mol. The molecule has 1 heterocycles. The summed E-state index contributed by atoms with van der Waals surface area (Å²) in [5.41, 5.74) is 0. The molecule has 1 rings (SSSR count). The van der Waals surface area contributed by atoms with Gasteiger partial charge in [-0.15, -0.1) is 0 Å². The summed E-state index contributed by atoms with van der Waals surface area (Å²) in [7, 11) is 0. The van der Waals surface area contributed by atoms with Crippen LogP contribution in [-0.2, 0) is 4.79 Å². The van der Waals surface area contributed by atoms with Crippen molar-refractivity contribution >= 4 is 12.0 Å². The second kappa shape index (κ2) is 4.30. The van der Waals surface area contributed by atoms with Crippen LogP contribution in [0.25, 0.3) is 0 Å². The van der Waals surface area contributed by atoms with Crippen molar-refractivity contribution < 1.29 is 14.7 Å². The molecule has 1 fully saturated rings. The van der Waals surface area contributed by atoms with Crippen LogP contribution in [0.3, 0.4) is 0 Å². The van der Waals surface area contributed by atoms with Crippen molar-refractivity contribution in [1.29, 1.82) is 0 Å². The molecule has 0 saturated carbocycles. The molecule has 1 atom stereocenters. The van der Waals surface area contributed by atoms with Crippen molar-refractivity contribution in [3.8, 4) is 0 Å². The normalized spacial score (nSPS) is 19.7. The molecule has 1 N–H and O–H groups in total. The standard InChI is InChI=1S/C9H16N2O3/c1-3-10-5-4-6-11(9(10)14)7(2)8(12)13/h7H,3-6H2,1-2H3,(H,12,13). The summed E-state index contributed by atoms with van der Waals surface area (Å²) in [6.45, 7) is 5.36. The van der Waals surface area contributed by atoms with Crippen LogP contribution in [0.4, 0.5) is 4.79 Å². The topological polar surface area (TPSA) is 60.9 Å². The van der Waals surface area contributed by atoms with E-state index in [-0.39, 0.29) is 6.03 Å². The Morgan fingerprint density at radius 3 is 2.71 bits per heavy atom. The summed E-state index contributed by atoms with van der Waals surface area (Å²) in [5, 5.41) is 8.80. The van der Waals surface area contributed by atoms with Gasteiger partial charge < -0.3 is 14.9 Å². The van der Waals surface area contributed by atoms with Gasteiger partial charge in [-0.3, -0.25) is 0 Å². The Bertz CT molecular complexity index is 242. The maximum atomic E-state index is 11.7. The highest BCUT2D eigenvalue weighted by atomic mass is 16.4. The zero-order valence-electron chi connectivity index (χ0n) is 8.56. The van der Waals surface area contributed by atoms with E-state index in [4.69, 9.17) is 5.11 Å². The van der Waals surface area contributed by atoms with Crippen molar-refractivity contribution in [2.45, 2.75) is 26.3 Å². The Morgan fingerprint density at radius 1 is 1.57 bits per heavy atom. The minimum absolute atomic E-state index is 0.159. The van der Waals surface area contributed by atoms with Crippen LogP contribution in [0.1, 0.15) is 20.3 Å². The van der Waals surface area contributed by atoms with Crippen molar-refractivity contribution in [2.75, 3.05) is 19.6 Å². The largest absolute Gasteiger partial charge is 0.480 e. The molecule has 1 aliphatic heterocycles. The molecule has 0 aromatic rings. The fourth-order valence-corrected chi connectivity index (χ4v) is 1.59. The number of rotatable bonds is 3. The molecule has 1 saturated heterocycles. The molecule has 1 aliphatic rings. The molecule has 0 spiro atoms. The molecular formula is C9H16N2O3. The first kappa shape index (κ1) is 10.8. The Morgan fingerprint density at radius 2 is 2.21 bits per heavy atom. The smallest absolute Gasteiger partial charge is 0.326 e. The van der Waals surface area contributed by atoms with Crippen molar-refractivity contribution in [3.05, 3.63) is 0 Å². The number of carboxylic acid groups (broad SMARTS) is 1. The van der Waals surface area contributed by atoms with Crippen LogP contribution in [-0.4, -0.2) is 52.6 Å². The lowest BCUT2D eigenvalue weighted by molar-refractivity contribution is -0.142. The van der Waals surface area contributed by atoms with E-state index in [0.717, 1.165) is 13.0 Å². The second-order valence-corrected chi connectivity index (χ2v) is 3.42. The van der Waals surface area contributed by atoms with Gasteiger partial charge in [0.05, 0.1) is 0 Å². The van der Waals surface area contributed by atoms with Crippen LogP contribution < -0.4 is 0 Å². The second-order valence-electron chi connectivity index (χ2n) is 3.42. The number of amides is 2. The van der Waals surface area contributed by atoms with E-state index in [1.807, 2.05) is 6.92 Å². The molecule has 0 radical (unpaired) electrons. The predicted octanol–water partition coefficient (Wildman–Crippen LogP) is 0.607. The number of carbonyl (C=O) groups is 2. The summed E-state index contributed by atoms with van der Waals surface area (Å²) in [6.07, 6.45) is 0.844. The Balaban J connectivity index is 2.69. The first-order chi connectivity index (χ1) is 6.57. The quantitative estimate of drug-likeness (QED) is 0.726. The molecule has 0 bridgehead atoms. The number of carboxylic acids is 1. The van der Waals surface area contributed by atoms with Gasteiger partial charge in [-0.2, -0.15) is 0 Å². The van der Waals surface area contributed by atoms with Gasteiger partial charge in [-0.1, -0.05) is 0 Å². The molecule has 14 heavy (non-hydrogen) atoms. The van der Waals surface area contributed by atoms with E-state index in [2.05, 4.69) is 0 Å². The van der Waals surface area contributed by atoms with E-state index in [0.29, 0.717) is 13.1 Å². The molecule has 2 amide bonds. The third-order valence-electron chi connectivity index (χ3n) is 2.55. The number of hydrogen-bond donors (Lipinski definition) is 1. The highest BCUT2D eigenvalue weighted by Crippen LogP contribution is 2.12. The maximum Gasteiger partial charge on any atom is 0.326 e. The van der Waals surface area contributed by atoms with E-state index in [9.17, 15) is 9.59 Å². The number of nitrogens with zero attached hydrogens (tertiary/aromatic N) is 2. The zero-order valence-corrected chi connectivity index (χ0v) is 8.56. The van der Waals surface area contributed by atoms with Gasteiger partial charge >= 0.3 is 12.0 Å². The van der Waals surface area contributed by atoms with Gasteiger partial charge in [0.2, 0.25) is 0 Å². The molecule has 0 aromatic heterocycles. The van der Waals surface area contributed by atoms with Crippen molar-refractivity contribution in [3.63, 3.8) is 0 Å². The average Bonchev–Trinajstić information content (AvgIpc) is 2.17. The summed E-state index contributed by atoms with van der Waals surface area (Å²) >= 11 is 0. The number of urea groups is 1. The summed E-state index contributed by atoms with van der Waals surface area (Å²) in [6, 6.07) is -0.884. The first-order valence-corrected chi connectivity index (χ1v) is 4.86. The lowest BCUT2D eigenvalue weighted by Gasteiger charge is -2.37. The lowest BCUT2D eigenvalue weighted by atomic mass is 10.2. The van der Waals surface area contributed by atoms with Crippen LogP contribution in [0.15, 0.2) is 0 Å². The Hall–Kier alpha value is -1.26. The average molecular weight is 200 g/mol. The molecule has 0 aromatic carbocycles. The third-order valence-corrected chi connectivity index (χ3v) is 2.55. The van der Waals surface area contributed by atoms with E-state index in [1.54, 1.807) is 11.8 Å². The number of aliphatic carboxylic acids is 1. The third kappa shape index (κ3) is 1.97. The molecule has 5 nitrogen and oxygen atoms in total. The molecule has 0 aliphatic carbocycles. The van der Waals surface area contributed by atoms with Gasteiger partial charge in [0.15, 0.2) is 0 Å². The van der Waals surface area contributed by atoms with Gasteiger partial charge in [0, 0.05) is 19.6 Å². The van der Waals surface area contributed by atoms with Gasteiger partial charge in [-0.25, -0.2) is 9.59 Å². The monoisotopic (exact) mass is 200 g/mol. The molecule has 80 valence electrons. The minimum atomic E-state index is -0.948. The van der Waals surface area contributed by atoms with Crippen molar-refractivity contribution in [2.24, 2.45) is 0 Å². The van der Waals surface area contributed by atoms with Crippen LogP contribution >= 0.6 is 0 Å². The fourth-order valence-electron chi connectivity index (χ4n) is 1.59. The summed E-state index contributed by atoms with van der Waals surface area (Å²) < 4.78 is 0. The van der Waals surface area contributed by atoms with Crippen LogP contribution in [0.2, 0.25) is 0 Å². The van der Waals surface area contributed by atoms with Crippen LogP contribution in [0.5, 0.6) is 0 Å². The van der Waals surface area contributed by atoms with E-state index < -0.39 is 12.0 Å². The SMILES string of the molecule is CCN1CCCN(C(C)C(=O)O)C1=O. The zero-order chi connectivity index (χ0) is 10.7. The van der Waals surface area contributed by atoms with Crippen LogP contribution in [0, 0.1) is 0 Å². The van der Waals surface area contributed by atoms with Gasteiger partial charge in [0.25, 0.3) is 0 Å². The maximum absolute atomic E-state index is 11.7. The molecule has 5 heteroatoms. The van der Waals surface area contributed by atoms with Gasteiger partial charge in [0.1, 0.15) is 6.04 Å². The minimum Gasteiger partial charge on any atom is -0.480 e. The number of hydrogen-bond acceptors (Lipinski definition) is 2. The van der Waals surface area contributed by atoms with E-state index >= 15 is 0 Å². The summed E-state index contributed by atoms with van der Waals surface area (Å²) in [4.78, 5) is 25.5. The molecule has 1 unspecified atom stereocenters. The Labute approximate surface area is 83.3 Å². The molecular weight excluding hydrogens is 184 g/mol. The number of carbonyl (C=O) groups excluding carboxylic acids is 1. The Kier molecular flexibility index (Phi) is 3.33. The van der Waals surface area contributed by atoms with E-state index in [1.165, 1.54) is 4.90 Å².